The molecule has 0 spiro atoms. The number of rotatable bonds is 4. The van der Waals surface area contributed by atoms with Gasteiger partial charge in [0.1, 0.15) is 12.2 Å². The average molecular weight is 274 g/mol. The van der Waals surface area contributed by atoms with E-state index in [-0.39, 0.29) is 18.6 Å². The van der Waals surface area contributed by atoms with Crippen LogP contribution in [0.15, 0.2) is 29.1 Å². The smallest absolute Gasteiger partial charge is 0.272 e. The zero-order valence-electron chi connectivity index (χ0n) is 10.9. The lowest BCUT2D eigenvalue weighted by molar-refractivity contribution is -0.125. The molecule has 0 aliphatic rings. The van der Waals surface area contributed by atoms with Gasteiger partial charge in [0.05, 0.1) is 17.6 Å². The van der Waals surface area contributed by atoms with E-state index in [0.29, 0.717) is 16.7 Å². The normalized spacial score (nSPS) is 10.4. The summed E-state index contributed by atoms with van der Waals surface area (Å²) in [4.78, 5) is 38.6. The highest BCUT2D eigenvalue weighted by atomic mass is 16.2. The minimum atomic E-state index is -0.638. The lowest BCUT2D eigenvalue weighted by atomic mass is 10.2. The predicted octanol–water partition coefficient (Wildman–Crippen LogP) is -0.694. The summed E-state index contributed by atoms with van der Waals surface area (Å²) < 4.78 is 1.33. The third kappa shape index (κ3) is 2.82. The van der Waals surface area contributed by atoms with E-state index >= 15 is 0 Å². The fourth-order valence-electron chi connectivity index (χ4n) is 1.86. The van der Waals surface area contributed by atoms with Crippen molar-refractivity contribution in [3.05, 3.63) is 40.3 Å². The van der Waals surface area contributed by atoms with E-state index in [1.807, 2.05) is 0 Å². The van der Waals surface area contributed by atoms with Gasteiger partial charge in [-0.1, -0.05) is 12.1 Å². The van der Waals surface area contributed by atoms with E-state index in [2.05, 4.69) is 10.3 Å². The molecule has 0 aliphatic heterocycles. The minimum Gasteiger partial charge on any atom is -0.368 e. The van der Waals surface area contributed by atoms with E-state index < -0.39 is 11.8 Å². The summed E-state index contributed by atoms with van der Waals surface area (Å²) >= 11 is 0. The SMILES string of the molecule is Cc1nc2ccccc2n(CC(=O)NCC(N)=O)c1=O. The lowest BCUT2D eigenvalue weighted by Gasteiger charge is -2.10. The third-order valence-electron chi connectivity index (χ3n) is 2.78. The van der Waals surface area contributed by atoms with Gasteiger partial charge in [-0.15, -0.1) is 0 Å². The molecule has 104 valence electrons. The summed E-state index contributed by atoms with van der Waals surface area (Å²) in [5.74, 6) is -1.09. The molecule has 7 nitrogen and oxygen atoms in total. The Morgan fingerprint density at radius 1 is 1.35 bits per heavy atom. The first kappa shape index (κ1) is 13.7. The fraction of sp³-hybridized carbons (Fsp3) is 0.231. The lowest BCUT2D eigenvalue weighted by Crippen LogP contribution is -2.38. The van der Waals surface area contributed by atoms with Gasteiger partial charge in [-0.25, -0.2) is 4.98 Å². The first-order chi connectivity index (χ1) is 9.49. The van der Waals surface area contributed by atoms with Gasteiger partial charge < -0.3 is 11.1 Å². The molecule has 0 radical (unpaired) electrons. The number of nitrogens with one attached hydrogen (secondary N) is 1. The van der Waals surface area contributed by atoms with Crippen LogP contribution in [-0.4, -0.2) is 27.9 Å². The molecule has 0 unspecified atom stereocenters. The second-order valence-electron chi connectivity index (χ2n) is 4.32. The number of carbonyl (C=O) groups excluding carboxylic acids is 2. The summed E-state index contributed by atoms with van der Waals surface area (Å²) in [6.45, 7) is 1.15. The van der Waals surface area contributed by atoms with Crippen LogP contribution in [0.4, 0.5) is 0 Å². The molecule has 2 rings (SSSR count). The van der Waals surface area contributed by atoms with Crippen molar-refractivity contribution in [3.8, 4) is 0 Å². The number of hydrogen-bond acceptors (Lipinski definition) is 4. The number of para-hydroxylation sites is 2. The molecule has 0 saturated carbocycles. The third-order valence-corrected chi connectivity index (χ3v) is 2.78. The summed E-state index contributed by atoms with van der Waals surface area (Å²) in [6, 6.07) is 7.04. The first-order valence-electron chi connectivity index (χ1n) is 6.00. The molecule has 2 amide bonds. The van der Waals surface area contributed by atoms with Crippen LogP contribution in [0.3, 0.4) is 0 Å². The first-order valence-corrected chi connectivity index (χ1v) is 6.00. The number of nitrogens with two attached hydrogens (primary N) is 1. The molecule has 3 N–H and O–H groups in total. The van der Waals surface area contributed by atoms with Gasteiger partial charge in [-0.2, -0.15) is 0 Å². The number of primary amides is 1. The van der Waals surface area contributed by atoms with Crippen molar-refractivity contribution in [2.24, 2.45) is 5.73 Å². The Hall–Kier alpha value is -2.70. The maximum absolute atomic E-state index is 12.1. The van der Waals surface area contributed by atoms with Crippen molar-refractivity contribution >= 4 is 22.8 Å². The molecule has 0 atom stereocenters. The molecular weight excluding hydrogens is 260 g/mol. The molecule has 1 aromatic carbocycles. The molecule has 2 aromatic rings. The van der Waals surface area contributed by atoms with Crippen molar-refractivity contribution in [1.82, 2.24) is 14.9 Å². The van der Waals surface area contributed by atoms with Crippen LogP contribution in [-0.2, 0) is 16.1 Å². The van der Waals surface area contributed by atoms with Gasteiger partial charge in [0.25, 0.3) is 5.56 Å². The Labute approximate surface area is 114 Å². The van der Waals surface area contributed by atoms with Crippen molar-refractivity contribution in [2.45, 2.75) is 13.5 Å². The molecule has 7 heteroatoms. The maximum atomic E-state index is 12.1. The van der Waals surface area contributed by atoms with Crippen LogP contribution in [0.2, 0.25) is 0 Å². The van der Waals surface area contributed by atoms with Crippen molar-refractivity contribution in [1.29, 1.82) is 0 Å². The highest BCUT2D eigenvalue weighted by molar-refractivity contribution is 5.84. The van der Waals surface area contributed by atoms with Crippen molar-refractivity contribution < 1.29 is 9.59 Å². The van der Waals surface area contributed by atoms with Crippen LogP contribution >= 0.6 is 0 Å². The van der Waals surface area contributed by atoms with Crippen LogP contribution in [0.1, 0.15) is 5.69 Å². The summed E-state index contributed by atoms with van der Waals surface area (Å²) in [7, 11) is 0. The number of hydrogen-bond donors (Lipinski definition) is 2. The number of aromatic nitrogens is 2. The Morgan fingerprint density at radius 3 is 2.75 bits per heavy atom. The second kappa shape index (κ2) is 5.52. The Kier molecular flexibility index (Phi) is 3.79. The number of aryl methyl sites for hydroxylation is 1. The molecule has 1 heterocycles. The van der Waals surface area contributed by atoms with Gasteiger partial charge in [0.15, 0.2) is 0 Å². The monoisotopic (exact) mass is 274 g/mol. The molecule has 1 aromatic heterocycles. The standard InChI is InChI=1S/C13H14N4O3/c1-8-13(20)17(7-12(19)15-6-11(14)18)10-5-3-2-4-9(10)16-8/h2-5H,6-7H2,1H3,(H2,14,18)(H,15,19). The quantitative estimate of drug-likeness (QED) is 0.769. The largest absolute Gasteiger partial charge is 0.368 e. The predicted molar refractivity (Wildman–Crippen MR) is 72.9 cm³/mol. The van der Waals surface area contributed by atoms with Gasteiger partial charge in [0.2, 0.25) is 11.8 Å². The highest BCUT2D eigenvalue weighted by Crippen LogP contribution is 2.09. The molecule has 0 bridgehead atoms. The molecule has 0 fully saturated rings. The minimum absolute atomic E-state index is 0.185. The molecular formula is C13H14N4O3. The molecule has 0 aliphatic carbocycles. The summed E-state index contributed by atoms with van der Waals surface area (Å²) in [5.41, 5.74) is 6.12. The number of nitrogens with zero attached hydrogens (tertiary/aromatic N) is 2. The van der Waals surface area contributed by atoms with E-state index in [9.17, 15) is 14.4 Å². The number of fused-ring (bicyclic) bond motifs is 1. The fourth-order valence-corrected chi connectivity index (χ4v) is 1.86. The number of amides is 2. The van der Waals surface area contributed by atoms with Gasteiger partial charge in [0, 0.05) is 0 Å². The number of carbonyl (C=O) groups is 2. The van der Waals surface area contributed by atoms with E-state index in [1.165, 1.54) is 4.57 Å². The summed E-state index contributed by atoms with van der Waals surface area (Å²) in [5, 5.41) is 2.35. The summed E-state index contributed by atoms with van der Waals surface area (Å²) in [6.07, 6.45) is 0. The van der Waals surface area contributed by atoms with Gasteiger partial charge in [-0.3, -0.25) is 19.0 Å². The Morgan fingerprint density at radius 2 is 2.05 bits per heavy atom. The van der Waals surface area contributed by atoms with Crippen LogP contribution in [0.25, 0.3) is 11.0 Å². The van der Waals surface area contributed by atoms with E-state index in [1.54, 1.807) is 31.2 Å². The highest BCUT2D eigenvalue weighted by Gasteiger charge is 2.11. The van der Waals surface area contributed by atoms with Crippen LogP contribution in [0.5, 0.6) is 0 Å². The van der Waals surface area contributed by atoms with Crippen LogP contribution in [0, 0.1) is 6.92 Å². The van der Waals surface area contributed by atoms with Crippen LogP contribution < -0.4 is 16.6 Å². The topological polar surface area (TPSA) is 107 Å². The zero-order valence-corrected chi connectivity index (χ0v) is 10.9. The van der Waals surface area contributed by atoms with E-state index in [4.69, 9.17) is 5.73 Å². The van der Waals surface area contributed by atoms with Crippen molar-refractivity contribution in [3.63, 3.8) is 0 Å². The molecule has 20 heavy (non-hydrogen) atoms. The molecule has 0 saturated heterocycles. The second-order valence-corrected chi connectivity index (χ2v) is 4.32. The maximum Gasteiger partial charge on any atom is 0.272 e. The Bertz CT molecular complexity index is 736. The van der Waals surface area contributed by atoms with Gasteiger partial charge in [-0.05, 0) is 19.1 Å². The zero-order chi connectivity index (χ0) is 14.7. The van der Waals surface area contributed by atoms with Gasteiger partial charge >= 0.3 is 0 Å². The van der Waals surface area contributed by atoms with E-state index in [0.717, 1.165) is 0 Å². The number of benzene rings is 1. The average Bonchev–Trinajstić information content (AvgIpc) is 2.41. The van der Waals surface area contributed by atoms with Crippen molar-refractivity contribution in [2.75, 3.05) is 6.54 Å². The Balaban J connectivity index is 2.38.